The van der Waals surface area contributed by atoms with Gasteiger partial charge in [-0.2, -0.15) is 5.10 Å². The van der Waals surface area contributed by atoms with Crippen LogP contribution in [0.3, 0.4) is 0 Å². The smallest absolute Gasteiger partial charge is 0.126 e. The summed E-state index contributed by atoms with van der Waals surface area (Å²) in [6.07, 6.45) is 1.72. The molecule has 3 N–H and O–H groups in total. The molecule has 0 fully saturated rings. The molecule has 0 unspecified atom stereocenters. The molecule has 0 aliphatic carbocycles. The highest BCUT2D eigenvalue weighted by molar-refractivity contribution is 5.78. The van der Waals surface area contributed by atoms with Gasteiger partial charge in [-0.3, -0.25) is 5.10 Å². The lowest BCUT2D eigenvalue weighted by atomic mass is 9.97. The molecule has 0 radical (unpaired) electrons. The molecule has 0 saturated heterocycles. The van der Waals surface area contributed by atoms with Crippen molar-refractivity contribution >= 4 is 5.82 Å². The maximum atomic E-state index is 5.85. The molecule has 0 saturated carbocycles. The maximum Gasteiger partial charge on any atom is 0.126 e. The van der Waals surface area contributed by atoms with E-state index in [1.54, 1.807) is 13.3 Å². The number of hydrogen-bond donors (Lipinski definition) is 2. The third-order valence-electron chi connectivity index (χ3n) is 2.85. The molecule has 2 aromatic rings. The number of anilines is 1. The lowest BCUT2D eigenvalue weighted by molar-refractivity contribution is 0.416. The summed E-state index contributed by atoms with van der Waals surface area (Å²) < 4.78 is 5.36. The van der Waals surface area contributed by atoms with Crippen molar-refractivity contribution in [3.05, 3.63) is 30.0 Å². The van der Waals surface area contributed by atoms with Gasteiger partial charge in [0.05, 0.1) is 13.3 Å². The van der Waals surface area contributed by atoms with Crippen LogP contribution in [0, 0.1) is 0 Å². The second-order valence-electron chi connectivity index (χ2n) is 4.31. The topological polar surface area (TPSA) is 63.9 Å². The minimum Gasteiger partial charge on any atom is -0.496 e. The zero-order valence-electron chi connectivity index (χ0n) is 10.3. The fraction of sp³-hybridized carbons (Fsp3) is 0.308. The molecule has 1 heterocycles. The fourth-order valence-corrected chi connectivity index (χ4v) is 1.81. The number of hydrogen-bond acceptors (Lipinski definition) is 3. The summed E-state index contributed by atoms with van der Waals surface area (Å²) >= 11 is 0. The summed E-state index contributed by atoms with van der Waals surface area (Å²) in [7, 11) is 1.66. The SMILES string of the molecule is COc1ccc(C(C)C)cc1-c1cn[nH]c1N. The average molecular weight is 231 g/mol. The van der Waals surface area contributed by atoms with Gasteiger partial charge in [-0.1, -0.05) is 19.9 Å². The first-order chi connectivity index (χ1) is 8.13. The maximum absolute atomic E-state index is 5.85. The number of nitrogens with zero attached hydrogens (tertiary/aromatic N) is 1. The highest BCUT2D eigenvalue weighted by atomic mass is 16.5. The number of nitrogen functional groups attached to an aromatic ring is 1. The van der Waals surface area contributed by atoms with Gasteiger partial charge in [-0.15, -0.1) is 0 Å². The Morgan fingerprint density at radius 3 is 2.59 bits per heavy atom. The van der Waals surface area contributed by atoms with Gasteiger partial charge in [0.25, 0.3) is 0 Å². The van der Waals surface area contributed by atoms with E-state index in [0.717, 1.165) is 16.9 Å². The van der Waals surface area contributed by atoms with Gasteiger partial charge >= 0.3 is 0 Å². The number of H-pyrrole nitrogens is 1. The fourth-order valence-electron chi connectivity index (χ4n) is 1.81. The van der Waals surface area contributed by atoms with Crippen molar-refractivity contribution in [1.82, 2.24) is 10.2 Å². The molecule has 0 aliphatic heterocycles. The molecule has 4 nitrogen and oxygen atoms in total. The number of aromatic amines is 1. The summed E-state index contributed by atoms with van der Waals surface area (Å²) in [5, 5.41) is 6.68. The van der Waals surface area contributed by atoms with Crippen LogP contribution in [0.25, 0.3) is 11.1 Å². The van der Waals surface area contributed by atoms with Crippen LogP contribution in [-0.2, 0) is 0 Å². The Kier molecular flexibility index (Phi) is 3.04. The predicted octanol–water partition coefficient (Wildman–Crippen LogP) is 2.79. The monoisotopic (exact) mass is 231 g/mol. The molecular weight excluding hydrogens is 214 g/mol. The summed E-state index contributed by atoms with van der Waals surface area (Å²) in [5.41, 5.74) is 8.96. The second kappa shape index (κ2) is 4.49. The molecule has 1 aromatic carbocycles. The van der Waals surface area contributed by atoms with Crippen LogP contribution in [0.1, 0.15) is 25.3 Å². The molecule has 90 valence electrons. The summed E-state index contributed by atoms with van der Waals surface area (Å²) in [5.74, 6) is 1.83. The lowest BCUT2D eigenvalue weighted by Gasteiger charge is -2.12. The first-order valence-corrected chi connectivity index (χ1v) is 5.60. The molecule has 0 amide bonds. The highest BCUT2D eigenvalue weighted by Crippen LogP contribution is 2.34. The molecule has 17 heavy (non-hydrogen) atoms. The van der Waals surface area contributed by atoms with Crippen LogP contribution in [0.4, 0.5) is 5.82 Å². The number of methoxy groups -OCH3 is 1. The van der Waals surface area contributed by atoms with Crippen molar-refractivity contribution in [3.63, 3.8) is 0 Å². The predicted molar refractivity (Wildman–Crippen MR) is 69.1 cm³/mol. The lowest BCUT2D eigenvalue weighted by Crippen LogP contribution is -1.94. The Labute approximate surface area is 101 Å². The molecule has 1 aromatic heterocycles. The number of nitrogens with one attached hydrogen (secondary N) is 1. The normalized spacial score (nSPS) is 10.8. The Balaban J connectivity index is 2.57. The molecule has 0 spiro atoms. The Bertz CT molecular complexity index is 517. The van der Waals surface area contributed by atoms with E-state index in [4.69, 9.17) is 10.5 Å². The first-order valence-electron chi connectivity index (χ1n) is 5.60. The van der Waals surface area contributed by atoms with Crippen molar-refractivity contribution in [2.75, 3.05) is 12.8 Å². The summed E-state index contributed by atoms with van der Waals surface area (Å²) in [6.45, 7) is 4.31. The minimum absolute atomic E-state index is 0.466. The second-order valence-corrected chi connectivity index (χ2v) is 4.31. The van der Waals surface area contributed by atoms with Crippen LogP contribution >= 0.6 is 0 Å². The van der Waals surface area contributed by atoms with Gasteiger partial charge < -0.3 is 10.5 Å². The summed E-state index contributed by atoms with van der Waals surface area (Å²) in [4.78, 5) is 0. The van der Waals surface area contributed by atoms with Crippen molar-refractivity contribution in [2.45, 2.75) is 19.8 Å². The molecule has 2 rings (SSSR count). The molecule has 4 heteroatoms. The first kappa shape index (κ1) is 11.5. The number of ether oxygens (including phenoxy) is 1. The standard InChI is InChI=1S/C13H17N3O/c1-8(2)9-4-5-12(17-3)10(6-9)11-7-15-16-13(11)14/h4-8H,1-3H3,(H3,14,15,16). The van der Waals surface area contributed by atoms with E-state index in [2.05, 4.69) is 36.2 Å². The largest absolute Gasteiger partial charge is 0.496 e. The van der Waals surface area contributed by atoms with E-state index in [1.807, 2.05) is 6.07 Å². The third-order valence-corrected chi connectivity index (χ3v) is 2.85. The van der Waals surface area contributed by atoms with Gasteiger partial charge in [0, 0.05) is 11.1 Å². The van der Waals surface area contributed by atoms with Gasteiger partial charge in [-0.25, -0.2) is 0 Å². The number of benzene rings is 1. The van der Waals surface area contributed by atoms with E-state index < -0.39 is 0 Å². The van der Waals surface area contributed by atoms with Crippen molar-refractivity contribution in [2.24, 2.45) is 0 Å². The van der Waals surface area contributed by atoms with Gasteiger partial charge in [0.15, 0.2) is 0 Å². The minimum atomic E-state index is 0.466. The zero-order valence-corrected chi connectivity index (χ0v) is 10.3. The Morgan fingerprint density at radius 1 is 1.29 bits per heavy atom. The number of nitrogens with two attached hydrogens (primary N) is 1. The van der Waals surface area contributed by atoms with Crippen molar-refractivity contribution < 1.29 is 4.74 Å². The van der Waals surface area contributed by atoms with E-state index in [-0.39, 0.29) is 0 Å². The van der Waals surface area contributed by atoms with Crippen LogP contribution in [-0.4, -0.2) is 17.3 Å². The van der Waals surface area contributed by atoms with E-state index in [0.29, 0.717) is 11.7 Å². The zero-order chi connectivity index (χ0) is 12.4. The Morgan fingerprint density at radius 2 is 2.06 bits per heavy atom. The number of rotatable bonds is 3. The van der Waals surface area contributed by atoms with Gasteiger partial charge in [0.1, 0.15) is 11.6 Å². The quantitative estimate of drug-likeness (QED) is 0.853. The van der Waals surface area contributed by atoms with E-state index in [1.165, 1.54) is 5.56 Å². The Hall–Kier alpha value is -1.97. The van der Waals surface area contributed by atoms with Gasteiger partial charge in [0.2, 0.25) is 0 Å². The van der Waals surface area contributed by atoms with Gasteiger partial charge in [-0.05, 0) is 23.6 Å². The van der Waals surface area contributed by atoms with E-state index in [9.17, 15) is 0 Å². The van der Waals surface area contributed by atoms with Crippen molar-refractivity contribution in [3.8, 4) is 16.9 Å². The average Bonchev–Trinajstić information content (AvgIpc) is 2.74. The van der Waals surface area contributed by atoms with E-state index >= 15 is 0 Å². The van der Waals surface area contributed by atoms with Crippen LogP contribution in [0.5, 0.6) is 5.75 Å². The third kappa shape index (κ3) is 2.11. The van der Waals surface area contributed by atoms with Crippen LogP contribution in [0.2, 0.25) is 0 Å². The number of aromatic nitrogens is 2. The molecule has 0 atom stereocenters. The molecule has 0 bridgehead atoms. The molecule has 0 aliphatic rings. The summed E-state index contributed by atoms with van der Waals surface area (Å²) in [6, 6.07) is 6.14. The highest BCUT2D eigenvalue weighted by Gasteiger charge is 2.12. The van der Waals surface area contributed by atoms with Crippen LogP contribution < -0.4 is 10.5 Å². The van der Waals surface area contributed by atoms with Crippen molar-refractivity contribution in [1.29, 1.82) is 0 Å². The molecular formula is C13H17N3O. The van der Waals surface area contributed by atoms with Crippen LogP contribution in [0.15, 0.2) is 24.4 Å².